The Bertz CT molecular complexity index is 775. The second-order valence-electron chi connectivity index (χ2n) is 7.06. The van der Waals surface area contributed by atoms with E-state index in [-0.39, 0.29) is 24.4 Å². The topological polar surface area (TPSA) is 64.9 Å². The van der Waals surface area contributed by atoms with E-state index >= 15 is 0 Å². The second kappa shape index (κ2) is 8.03. The molecule has 1 saturated carbocycles. The molecule has 1 fully saturated rings. The number of nitriles is 1. The van der Waals surface area contributed by atoms with E-state index in [1.807, 2.05) is 18.4 Å². The lowest BCUT2D eigenvalue weighted by Gasteiger charge is -2.24. The number of hydrogen-bond donors (Lipinski definition) is 2. The molecule has 4 nitrogen and oxygen atoms in total. The highest BCUT2D eigenvalue weighted by Gasteiger charge is 2.42. The highest BCUT2D eigenvalue weighted by atomic mass is 32.1. The van der Waals surface area contributed by atoms with E-state index in [9.17, 15) is 10.1 Å². The molecule has 0 spiro atoms. The van der Waals surface area contributed by atoms with Gasteiger partial charge in [0, 0.05) is 4.88 Å². The van der Waals surface area contributed by atoms with Gasteiger partial charge in [0.2, 0.25) is 5.91 Å². The molecule has 1 heterocycles. The van der Waals surface area contributed by atoms with E-state index < -0.39 is 5.54 Å². The summed E-state index contributed by atoms with van der Waals surface area (Å²) in [5.74, 6) is 0.152. The molecular formula is C21H25N3OS. The maximum absolute atomic E-state index is 12.4. The van der Waals surface area contributed by atoms with Crippen molar-refractivity contribution in [3.05, 3.63) is 57.8 Å². The molecule has 0 unspecified atom stereocenters. The van der Waals surface area contributed by atoms with E-state index in [2.05, 4.69) is 54.0 Å². The van der Waals surface area contributed by atoms with Crippen LogP contribution in [0.25, 0.3) is 0 Å². The molecule has 26 heavy (non-hydrogen) atoms. The van der Waals surface area contributed by atoms with Crippen molar-refractivity contribution in [1.29, 1.82) is 5.26 Å². The number of rotatable bonds is 8. The number of carbonyl (C=O) groups excluding carboxylic acids is 1. The molecule has 0 radical (unpaired) electrons. The summed E-state index contributed by atoms with van der Waals surface area (Å²) >= 11 is 1.67. The monoisotopic (exact) mass is 367 g/mol. The molecular weight excluding hydrogens is 342 g/mol. The number of nitrogens with zero attached hydrogens (tertiary/aromatic N) is 1. The first-order valence-corrected chi connectivity index (χ1v) is 10.0. The summed E-state index contributed by atoms with van der Waals surface area (Å²) in [4.78, 5) is 13.6. The quantitative estimate of drug-likeness (QED) is 0.746. The Morgan fingerprint density at radius 2 is 2.08 bits per heavy atom. The molecule has 2 N–H and O–H groups in total. The van der Waals surface area contributed by atoms with Gasteiger partial charge in [0.05, 0.1) is 18.7 Å². The van der Waals surface area contributed by atoms with Crippen LogP contribution in [0.1, 0.15) is 48.7 Å². The highest BCUT2D eigenvalue weighted by Crippen LogP contribution is 2.39. The maximum atomic E-state index is 12.4. The third-order valence-electron chi connectivity index (χ3n) is 5.04. The molecule has 1 amide bonds. The van der Waals surface area contributed by atoms with Gasteiger partial charge >= 0.3 is 0 Å². The van der Waals surface area contributed by atoms with Crippen molar-refractivity contribution in [1.82, 2.24) is 10.6 Å². The number of carbonyl (C=O) groups is 1. The number of aryl methyl sites for hydroxylation is 1. The van der Waals surface area contributed by atoms with Crippen molar-refractivity contribution in [3.8, 4) is 6.07 Å². The van der Waals surface area contributed by atoms with Crippen LogP contribution >= 0.6 is 11.3 Å². The predicted molar refractivity (Wildman–Crippen MR) is 105 cm³/mol. The summed E-state index contributed by atoms with van der Waals surface area (Å²) in [7, 11) is 0. The summed E-state index contributed by atoms with van der Waals surface area (Å²) in [6, 6.07) is 14.9. The minimum atomic E-state index is -0.750. The van der Waals surface area contributed by atoms with Gasteiger partial charge in [0.1, 0.15) is 5.54 Å². The fourth-order valence-corrected chi connectivity index (χ4v) is 4.02. The Hall–Kier alpha value is -2.16. The zero-order valence-electron chi connectivity index (χ0n) is 15.3. The van der Waals surface area contributed by atoms with Crippen molar-refractivity contribution in [2.75, 3.05) is 6.54 Å². The van der Waals surface area contributed by atoms with Gasteiger partial charge in [-0.05, 0) is 54.7 Å². The summed E-state index contributed by atoms with van der Waals surface area (Å²) in [6.45, 7) is 4.14. The third-order valence-corrected chi connectivity index (χ3v) is 5.98. The van der Waals surface area contributed by atoms with Crippen LogP contribution in [-0.4, -0.2) is 18.0 Å². The molecule has 1 aliphatic carbocycles. The fourth-order valence-electron chi connectivity index (χ4n) is 3.19. The fraction of sp³-hybridized carbons (Fsp3) is 0.429. The maximum Gasteiger partial charge on any atom is 0.235 e. The lowest BCUT2D eigenvalue weighted by atomic mass is 9.98. The summed E-state index contributed by atoms with van der Waals surface area (Å²) < 4.78 is 0. The second-order valence-corrected chi connectivity index (χ2v) is 8.04. The Morgan fingerprint density at radius 3 is 2.62 bits per heavy atom. The van der Waals surface area contributed by atoms with Gasteiger partial charge in [0.15, 0.2) is 0 Å². The summed E-state index contributed by atoms with van der Waals surface area (Å²) in [6.07, 6.45) is 3.03. The Morgan fingerprint density at radius 1 is 1.35 bits per heavy atom. The lowest BCUT2D eigenvalue weighted by Crippen LogP contribution is -2.49. The standard InChI is InChI=1S/C21H25N3OS/c1-3-15-6-8-16(9-7-15)20(18-5-4-12-26-18)23-13-19(25)24-21(2,14-22)17-10-11-17/h4-9,12,17,20,23H,3,10-11,13H2,1-2H3,(H,24,25)/t20-,21-/m0/s1. The number of benzene rings is 1. The smallest absolute Gasteiger partial charge is 0.235 e. The van der Waals surface area contributed by atoms with E-state index in [1.54, 1.807) is 11.3 Å². The zero-order chi connectivity index (χ0) is 18.6. The van der Waals surface area contributed by atoms with E-state index in [0.29, 0.717) is 0 Å². The van der Waals surface area contributed by atoms with Crippen LogP contribution in [0.4, 0.5) is 0 Å². The highest BCUT2D eigenvalue weighted by molar-refractivity contribution is 7.10. The van der Waals surface area contributed by atoms with Crippen molar-refractivity contribution in [3.63, 3.8) is 0 Å². The Balaban J connectivity index is 1.68. The molecule has 1 aromatic heterocycles. The van der Waals surface area contributed by atoms with Crippen molar-refractivity contribution in [2.24, 2.45) is 5.92 Å². The van der Waals surface area contributed by atoms with E-state index in [0.717, 1.165) is 24.8 Å². The van der Waals surface area contributed by atoms with Crippen molar-refractivity contribution >= 4 is 17.2 Å². The summed E-state index contributed by atoms with van der Waals surface area (Å²) in [5.41, 5.74) is 1.69. The van der Waals surface area contributed by atoms with Crippen LogP contribution in [0.15, 0.2) is 41.8 Å². The SMILES string of the molecule is CCc1ccc([C@H](NCC(=O)N[C@@](C)(C#N)C2CC2)c2cccs2)cc1. The van der Waals surface area contributed by atoms with Gasteiger partial charge in [-0.2, -0.15) is 5.26 Å². The summed E-state index contributed by atoms with van der Waals surface area (Å²) in [5, 5.41) is 17.7. The number of nitrogens with one attached hydrogen (secondary N) is 2. The molecule has 0 aliphatic heterocycles. The molecule has 1 aliphatic rings. The molecule has 0 saturated heterocycles. The molecule has 0 bridgehead atoms. The first-order valence-electron chi connectivity index (χ1n) is 9.13. The minimum Gasteiger partial charge on any atom is -0.337 e. The number of hydrogen-bond acceptors (Lipinski definition) is 4. The average Bonchev–Trinajstić information content (AvgIpc) is 3.39. The van der Waals surface area contributed by atoms with Gasteiger partial charge in [-0.1, -0.05) is 37.3 Å². The molecule has 3 rings (SSSR count). The number of thiophene rings is 1. The Kier molecular flexibility index (Phi) is 5.75. The van der Waals surface area contributed by atoms with Crippen molar-refractivity contribution in [2.45, 2.75) is 44.7 Å². The Labute approximate surface area is 159 Å². The zero-order valence-corrected chi connectivity index (χ0v) is 16.1. The molecule has 5 heteroatoms. The van der Waals surface area contributed by atoms with Crippen LogP contribution in [0.5, 0.6) is 0 Å². The first-order chi connectivity index (χ1) is 12.6. The largest absolute Gasteiger partial charge is 0.337 e. The van der Waals surface area contributed by atoms with Gasteiger partial charge in [-0.3, -0.25) is 10.1 Å². The predicted octanol–water partition coefficient (Wildman–Crippen LogP) is 3.80. The molecule has 136 valence electrons. The average molecular weight is 368 g/mol. The normalized spacial score (nSPS) is 17.1. The third kappa shape index (κ3) is 4.32. The van der Waals surface area contributed by atoms with Crippen LogP contribution in [0.3, 0.4) is 0 Å². The molecule has 2 aromatic rings. The number of amides is 1. The first kappa shape index (κ1) is 18.6. The van der Waals surface area contributed by atoms with E-state index in [4.69, 9.17) is 0 Å². The molecule has 2 atom stereocenters. The molecule has 1 aromatic carbocycles. The van der Waals surface area contributed by atoms with Gasteiger partial charge < -0.3 is 5.32 Å². The van der Waals surface area contributed by atoms with Crippen LogP contribution in [0, 0.1) is 17.2 Å². The van der Waals surface area contributed by atoms with Gasteiger partial charge in [0.25, 0.3) is 0 Å². The van der Waals surface area contributed by atoms with Crippen LogP contribution in [0.2, 0.25) is 0 Å². The van der Waals surface area contributed by atoms with Gasteiger partial charge in [-0.15, -0.1) is 11.3 Å². The van der Waals surface area contributed by atoms with Crippen LogP contribution in [-0.2, 0) is 11.2 Å². The van der Waals surface area contributed by atoms with Crippen molar-refractivity contribution < 1.29 is 4.79 Å². The minimum absolute atomic E-state index is 0.0269. The van der Waals surface area contributed by atoms with Gasteiger partial charge in [-0.25, -0.2) is 0 Å². The lowest BCUT2D eigenvalue weighted by molar-refractivity contribution is -0.121. The van der Waals surface area contributed by atoms with Crippen LogP contribution < -0.4 is 10.6 Å². The van der Waals surface area contributed by atoms with E-state index in [1.165, 1.54) is 10.4 Å².